The summed E-state index contributed by atoms with van der Waals surface area (Å²) in [6.45, 7) is 1.83. The number of hydrogen-bond donors (Lipinski definition) is 2. The van der Waals surface area contributed by atoms with Gasteiger partial charge in [0, 0.05) is 35.1 Å². The largest absolute Gasteiger partial charge is 0.386 e. The third kappa shape index (κ3) is 4.31. The van der Waals surface area contributed by atoms with Crippen LogP contribution in [-0.4, -0.2) is 35.3 Å². The van der Waals surface area contributed by atoms with Gasteiger partial charge in [-0.05, 0) is 74.2 Å². The number of fused-ring (bicyclic) bond motifs is 1. The minimum absolute atomic E-state index is 0.275. The second-order valence-corrected chi connectivity index (χ2v) is 9.77. The van der Waals surface area contributed by atoms with Crippen molar-refractivity contribution < 1.29 is 13.5 Å². The normalized spacial score (nSPS) is 19.8. The van der Waals surface area contributed by atoms with Gasteiger partial charge in [-0.15, -0.1) is 0 Å². The molecule has 2 aromatic heterocycles. The number of pyridine rings is 2. The maximum absolute atomic E-state index is 11.6. The van der Waals surface area contributed by atoms with Gasteiger partial charge in [0.2, 0.25) is 0 Å². The molecule has 0 aliphatic heterocycles. The zero-order chi connectivity index (χ0) is 20.6. The average molecular weight is 410 g/mol. The van der Waals surface area contributed by atoms with Gasteiger partial charge < -0.3 is 10.4 Å². The lowest BCUT2D eigenvalue weighted by molar-refractivity contribution is 0.0962. The first kappa shape index (κ1) is 19.5. The number of anilines is 2. The second kappa shape index (κ2) is 7.24. The number of rotatable bonds is 4. The third-order valence-electron chi connectivity index (χ3n) is 5.12. The van der Waals surface area contributed by atoms with Gasteiger partial charge in [0.25, 0.3) is 0 Å². The summed E-state index contributed by atoms with van der Waals surface area (Å²) in [6.07, 6.45) is 9.19. The van der Waals surface area contributed by atoms with Gasteiger partial charge in [-0.1, -0.05) is 0 Å². The number of hydrogen-bond acceptors (Lipinski definition) is 6. The van der Waals surface area contributed by atoms with Gasteiger partial charge in [-0.25, -0.2) is 13.4 Å². The number of nitrogens with zero attached hydrogens (tertiary/aromatic N) is 2. The predicted octanol–water partition coefficient (Wildman–Crippen LogP) is 4.10. The molecule has 0 radical (unpaired) electrons. The molecule has 0 saturated heterocycles. The predicted molar refractivity (Wildman–Crippen MR) is 115 cm³/mol. The molecule has 1 aliphatic rings. The van der Waals surface area contributed by atoms with Crippen molar-refractivity contribution in [2.75, 3.05) is 11.6 Å². The number of aromatic nitrogens is 2. The Bertz CT molecular complexity index is 1200. The lowest BCUT2D eigenvalue weighted by atomic mass is 9.86. The molecule has 0 saturated carbocycles. The summed E-state index contributed by atoms with van der Waals surface area (Å²) in [6, 6.07) is 10.4. The highest BCUT2D eigenvalue weighted by atomic mass is 32.2. The fourth-order valence-electron chi connectivity index (χ4n) is 3.67. The highest BCUT2D eigenvalue weighted by Gasteiger charge is 2.24. The molecule has 0 unspecified atom stereocenters. The molecular weight excluding hydrogens is 386 g/mol. The molecular formula is C22H23N3O3S. The van der Waals surface area contributed by atoms with Crippen molar-refractivity contribution >= 4 is 37.7 Å². The second-order valence-electron chi connectivity index (χ2n) is 7.75. The monoisotopic (exact) mass is 409 g/mol. The van der Waals surface area contributed by atoms with E-state index in [2.05, 4.69) is 15.3 Å². The molecule has 29 heavy (non-hydrogen) atoms. The van der Waals surface area contributed by atoms with E-state index in [1.165, 1.54) is 6.26 Å². The number of sulfone groups is 1. The smallest absolute Gasteiger partial charge is 0.175 e. The van der Waals surface area contributed by atoms with Crippen LogP contribution in [0.4, 0.5) is 11.5 Å². The van der Waals surface area contributed by atoms with E-state index in [0.717, 1.165) is 47.0 Å². The van der Waals surface area contributed by atoms with Crippen LogP contribution in [0.3, 0.4) is 0 Å². The maximum Gasteiger partial charge on any atom is 0.175 e. The van der Waals surface area contributed by atoms with Crippen LogP contribution in [0.15, 0.2) is 59.8 Å². The number of nitrogens with one attached hydrogen (secondary N) is 1. The molecule has 0 bridgehead atoms. The van der Waals surface area contributed by atoms with E-state index in [9.17, 15) is 13.5 Å². The molecule has 4 rings (SSSR count). The van der Waals surface area contributed by atoms with Crippen molar-refractivity contribution in [3.05, 3.63) is 60.6 Å². The van der Waals surface area contributed by atoms with Crippen molar-refractivity contribution in [2.45, 2.75) is 36.7 Å². The summed E-state index contributed by atoms with van der Waals surface area (Å²) in [7, 11) is -3.23. The van der Waals surface area contributed by atoms with Crippen LogP contribution in [0.5, 0.6) is 0 Å². The summed E-state index contributed by atoms with van der Waals surface area (Å²) in [4.78, 5) is 9.32. The molecule has 7 heteroatoms. The summed E-state index contributed by atoms with van der Waals surface area (Å²) in [5.41, 5.74) is 1.84. The molecule has 6 nitrogen and oxygen atoms in total. The average Bonchev–Trinajstić information content (AvgIpc) is 2.66. The minimum Gasteiger partial charge on any atom is -0.386 e. The molecule has 1 aliphatic carbocycles. The van der Waals surface area contributed by atoms with Crippen molar-refractivity contribution in [1.82, 2.24) is 9.97 Å². The highest BCUT2D eigenvalue weighted by Crippen LogP contribution is 2.35. The maximum atomic E-state index is 11.6. The number of benzene rings is 1. The van der Waals surface area contributed by atoms with Gasteiger partial charge in [0.1, 0.15) is 5.82 Å². The lowest BCUT2D eigenvalue weighted by Gasteiger charge is -2.26. The molecule has 3 aromatic rings. The Labute approximate surface area is 170 Å². The Morgan fingerprint density at radius 3 is 2.59 bits per heavy atom. The molecule has 0 amide bonds. The first-order valence-electron chi connectivity index (χ1n) is 9.48. The quantitative estimate of drug-likeness (QED) is 0.674. The van der Waals surface area contributed by atoms with E-state index in [1.807, 2.05) is 25.1 Å². The summed E-state index contributed by atoms with van der Waals surface area (Å²) < 4.78 is 23.2. The summed E-state index contributed by atoms with van der Waals surface area (Å²) in [5.74, 6) is 0.641. The van der Waals surface area contributed by atoms with Gasteiger partial charge in [0.05, 0.1) is 16.2 Å². The van der Waals surface area contributed by atoms with Crippen LogP contribution in [0.25, 0.3) is 16.3 Å². The van der Waals surface area contributed by atoms with Gasteiger partial charge >= 0.3 is 0 Å². The van der Waals surface area contributed by atoms with Crippen LogP contribution >= 0.6 is 0 Å². The van der Waals surface area contributed by atoms with Crippen molar-refractivity contribution in [1.29, 1.82) is 0 Å². The van der Waals surface area contributed by atoms with E-state index in [-0.39, 0.29) is 4.90 Å². The Hall–Kier alpha value is -2.77. The van der Waals surface area contributed by atoms with Gasteiger partial charge in [-0.3, -0.25) is 4.98 Å². The summed E-state index contributed by atoms with van der Waals surface area (Å²) in [5, 5.41) is 15.6. The fourth-order valence-corrected chi connectivity index (χ4v) is 4.30. The molecule has 0 fully saturated rings. The zero-order valence-electron chi connectivity index (χ0n) is 16.4. The first-order valence-corrected chi connectivity index (χ1v) is 11.4. The Morgan fingerprint density at radius 2 is 1.90 bits per heavy atom. The van der Waals surface area contributed by atoms with Gasteiger partial charge in [0.15, 0.2) is 9.84 Å². The van der Waals surface area contributed by atoms with Gasteiger partial charge in [-0.2, -0.15) is 0 Å². The molecule has 1 atom stereocenters. The summed E-state index contributed by atoms with van der Waals surface area (Å²) >= 11 is 0. The Morgan fingerprint density at radius 1 is 1.14 bits per heavy atom. The molecule has 1 aromatic carbocycles. The van der Waals surface area contributed by atoms with E-state index in [0.29, 0.717) is 5.82 Å². The third-order valence-corrected chi connectivity index (χ3v) is 6.25. The molecule has 150 valence electrons. The van der Waals surface area contributed by atoms with Crippen molar-refractivity contribution in [3.8, 4) is 0 Å². The number of aliphatic hydroxyl groups is 1. The topological polar surface area (TPSA) is 92.2 Å². The SMILES string of the molecule is C[C@]1(O)C=C(c2nccc3cnc(Nc4ccc(S(C)(=O)=O)cc4)cc23)CCC1. The highest BCUT2D eigenvalue weighted by molar-refractivity contribution is 7.90. The number of allylic oxidation sites excluding steroid dienone is 1. The van der Waals surface area contributed by atoms with E-state index < -0.39 is 15.4 Å². The molecule has 2 N–H and O–H groups in total. The fraction of sp³-hybridized carbons (Fsp3) is 0.273. The van der Waals surface area contributed by atoms with Crippen LogP contribution in [0.2, 0.25) is 0 Å². The molecule has 0 spiro atoms. The Kier molecular flexibility index (Phi) is 4.88. The van der Waals surface area contributed by atoms with Crippen LogP contribution in [0.1, 0.15) is 31.9 Å². The van der Waals surface area contributed by atoms with Crippen molar-refractivity contribution in [2.24, 2.45) is 0 Å². The zero-order valence-corrected chi connectivity index (χ0v) is 17.2. The Balaban J connectivity index is 1.70. The molecule has 2 heterocycles. The lowest BCUT2D eigenvalue weighted by Crippen LogP contribution is -2.24. The van der Waals surface area contributed by atoms with Crippen molar-refractivity contribution in [3.63, 3.8) is 0 Å². The van der Waals surface area contributed by atoms with Crippen LogP contribution in [-0.2, 0) is 9.84 Å². The van der Waals surface area contributed by atoms with E-state index in [4.69, 9.17) is 0 Å². The van der Waals surface area contributed by atoms with E-state index >= 15 is 0 Å². The first-order chi connectivity index (χ1) is 13.7. The van der Waals surface area contributed by atoms with Crippen LogP contribution in [0, 0.1) is 0 Å². The van der Waals surface area contributed by atoms with E-state index in [1.54, 1.807) is 36.7 Å². The standard InChI is InChI=1S/C22H23N3O3S/c1-22(26)10-3-4-15(13-22)21-19-12-20(24-14-16(19)9-11-23-21)25-17-5-7-18(8-6-17)29(2,27)28/h5-9,11-14,26H,3-4,10H2,1-2H3,(H,24,25)/t22-/m1/s1. The minimum atomic E-state index is -3.23. The van der Waals surface area contributed by atoms with Crippen LogP contribution < -0.4 is 5.32 Å².